The van der Waals surface area contributed by atoms with E-state index in [9.17, 15) is 9.59 Å². The molecule has 4 atom stereocenters. The highest BCUT2D eigenvalue weighted by Gasteiger charge is 2.29. The van der Waals surface area contributed by atoms with Crippen molar-refractivity contribution in [3.8, 4) is 0 Å². The number of aliphatic carboxylic acids is 1. The van der Waals surface area contributed by atoms with E-state index >= 15 is 0 Å². The molecule has 1 aromatic heterocycles. The molecule has 0 aliphatic rings. The summed E-state index contributed by atoms with van der Waals surface area (Å²) in [6.45, 7) is -1.11. The summed E-state index contributed by atoms with van der Waals surface area (Å²) in [5, 5.41) is 73.1. The van der Waals surface area contributed by atoms with Crippen LogP contribution in [0.5, 0.6) is 0 Å². The highest BCUT2D eigenvalue weighted by Crippen LogP contribution is 2.26. The quantitative estimate of drug-likeness (QED) is 0.156. The zero-order chi connectivity index (χ0) is 25.8. The van der Waals surface area contributed by atoms with Gasteiger partial charge in [-0.25, -0.2) is 9.48 Å². The van der Waals surface area contributed by atoms with Crippen molar-refractivity contribution in [3.63, 3.8) is 0 Å². The molecule has 1 aromatic carbocycles. The van der Waals surface area contributed by atoms with E-state index < -0.39 is 49.4 Å². The van der Waals surface area contributed by atoms with Crippen LogP contribution in [0.15, 0.2) is 18.2 Å². The predicted octanol–water partition coefficient (Wildman–Crippen LogP) is -1.58. The molecule has 7 N–H and O–H groups in total. The lowest BCUT2D eigenvalue weighted by atomic mass is 10.0. The molecular formula is C19H26Cl2N4O9. The van der Waals surface area contributed by atoms with Crippen LogP contribution in [0.4, 0.5) is 0 Å². The molecule has 0 unspecified atom stereocenters. The van der Waals surface area contributed by atoms with Gasteiger partial charge in [0.2, 0.25) is 5.78 Å². The number of aromatic nitrogens is 4. The number of rotatable bonds is 12. The van der Waals surface area contributed by atoms with Gasteiger partial charge in [0.15, 0.2) is 5.82 Å². The Hall–Kier alpha value is -2.23. The maximum atomic E-state index is 11.0. The van der Waals surface area contributed by atoms with Gasteiger partial charge in [0.05, 0.1) is 13.2 Å². The van der Waals surface area contributed by atoms with Gasteiger partial charge in [-0.15, -0.1) is 5.10 Å². The molecular weight excluding hydrogens is 499 g/mol. The number of Topliss-reactive ketones (excluding diaryl/α,β-unsaturated/α-hetero) is 1. The third-order valence-electron chi connectivity index (χ3n) is 4.53. The minimum Gasteiger partial charge on any atom is -0.476 e. The number of hydrogen-bond donors (Lipinski definition) is 7. The Morgan fingerprint density at radius 2 is 1.50 bits per heavy atom. The van der Waals surface area contributed by atoms with E-state index in [1.807, 2.05) is 0 Å². The number of halogens is 2. The minimum atomic E-state index is -1.67. The van der Waals surface area contributed by atoms with Crippen molar-refractivity contribution in [2.45, 2.75) is 50.2 Å². The molecule has 2 rings (SSSR count). The van der Waals surface area contributed by atoms with Gasteiger partial charge in [0, 0.05) is 29.4 Å². The number of tetrazole rings is 1. The summed E-state index contributed by atoms with van der Waals surface area (Å²) < 4.78 is 1.51. The van der Waals surface area contributed by atoms with E-state index in [4.69, 9.17) is 58.9 Å². The van der Waals surface area contributed by atoms with E-state index in [1.54, 1.807) is 18.2 Å². The summed E-state index contributed by atoms with van der Waals surface area (Å²) in [5.74, 6) is -1.72. The summed E-state index contributed by atoms with van der Waals surface area (Å²) in [6.07, 6.45) is -5.78. The average molecular weight is 525 g/mol. The number of aliphatic hydroxyl groups is 6. The number of aliphatic hydroxyl groups excluding tert-OH is 6. The molecule has 13 nitrogen and oxygen atoms in total. The predicted molar refractivity (Wildman–Crippen MR) is 117 cm³/mol. The molecule has 0 amide bonds. The number of aryl methyl sites for hydroxylation is 1. The third-order valence-corrected chi connectivity index (χ3v) is 5.24. The van der Waals surface area contributed by atoms with E-state index in [2.05, 4.69) is 15.5 Å². The fraction of sp³-hybridized carbons (Fsp3) is 0.526. The molecule has 0 aliphatic heterocycles. The molecule has 0 spiro atoms. The Labute approximate surface area is 203 Å². The Morgan fingerprint density at radius 3 is 1.97 bits per heavy atom. The third kappa shape index (κ3) is 9.19. The van der Waals surface area contributed by atoms with Gasteiger partial charge in [-0.3, -0.25) is 4.79 Å². The number of hydrogen-bond acceptors (Lipinski definition) is 11. The highest BCUT2D eigenvalue weighted by molar-refractivity contribution is 6.36. The Morgan fingerprint density at radius 1 is 0.971 bits per heavy atom. The van der Waals surface area contributed by atoms with Crippen LogP contribution in [-0.4, -0.2) is 105 Å². The topological polar surface area (TPSA) is 219 Å². The van der Waals surface area contributed by atoms with Gasteiger partial charge in [0.1, 0.15) is 24.4 Å². The van der Waals surface area contributed by atoms with Crippen LogP contribution in [0.25, 0.3) is 0 Å². The van der Waals surface area contributed by atoms with Crippen LogP contribution in [-0.2, 0) is 22.6 Å². The zero-order valence-electron chi connectivity index (χ0n) is 17.8. The lowest BCUT2D eigenvalue weighted by molar-refractivity contribution is -0.149. The molecule has 190 valence electrons. The lowest BCUT2D eigenvalue weighted by Gasteiger charge is -2.24. The smallest absolute Gasteiger partial charge is 0.372 e. The fourth-order valence-corrected chi connectivity index (χ4v) is 3.08. The SMILES string of the molecule is O=C(O)C(=O)CCCn1nnnc1Cc1c(Cl)cccc1Cl.OC[C@@H](O)[C@@H](O)[C@H](O)[C@H](O)CO. The first-order valence-electron chi connectivity index (χ1n) is 9.91. The maximum absolute atomic E-state index is 11.0. The lowest BCUT2D eigenvalue weighted by Crippen LogP contribution is -2.46. The second kappa shape index (κ2) is 14.9. The number of benzene rings is 1. The zero-order valence-corrected chi connectivity index (χ0v) is 19.3. The van der Waals surface area contributed by atoms with Crippen molar-refractivity contribution < 1.29 is 45.3 Å². The monoisotopic (exact) mass is 524 g/mol. The minimum absolute atomic E-state index is 0.0680. The standard InChI is InChI=1S/C13H12Cl2N4O3.C6H14O6/c14-9-3-1-4-10(15)8(9)7-12-16-17-18-19(12)6-2-5-11(20)13(21)22;7-1-3(9)5(11)6(12)4(10)2-8/h1,3-4H,2,5-7H2,(H,21,22);3-12H,1-2H2/t;3-,4-,5-,6-/m.1/s1. The summed E-state index contributed by atoms with van der Waals surface area (Å²) in [5.41, 5.74) is 0.712. The second-order valence-corrected chi connectivity index (χ2v) is 7.82. The first-order valence-corrected chi connectivity index (χ1v) is 10.7. The van der Waals surface area contributed by atoms with Gasteiger partial charge in [-0.05, 0) is 34.5 Å². The Balaban J connectivity index is 0.000000411. The largest absolute Gasteiger partial charge is 0.476 e. The van der Waals surface area contributed by atoms with Gasteiger partial charge >= 0.3 is 5.97 Å². The van der Waals surface area contributed by atoms with Gasteiger partial charge < -0.3 is 35.7 Å². The second-order valence-electron chi connectivity index (χ2n) is 7.01. The van der Waals surface area contributed by atoms with Crippen molar-refractivity contribution in [1.29, 1.82) is 0 Å². The molecule has 0 bridgehead atoms. The van der Waals surface area contributed by atoms with Crippen molar-refractivity contribution in [2.24, 2.45) is 0 Å². The van der Waals surface area contributed by atoms with Gasteiger partial charge in [-0.2, -0.15) is 0 Å². The van der Waals surface area contributed by atoms with Crippen molar-refractivity contribution in [3.05, 3.63) is 39.6 Å². The van der Waals surface area contributed by atoms with Crippen molar-refractivity contribution >= 4 is 35.0 Å². The average Bonchev–Trinajstić information content (AvgIpc) is 3.26. The summed E-state index contributed by atoms with van der Waals surface area (Å²) >= 11 is 12.2. The van der Waals surface area contributed by atoms with Crippen LogP contribution in [0.1, 0.15) is 24.2 Å². The van der Waals surface area contributed by atoms with E-state index in [0.29, 0.717) is 40.8 Å². The summed E-state index contributed by atoms with van der Waals surface area (Å²) in [4.78, 5) is 21.5. The molecule has 0 radical (unpaired) electrons. The molecule has 0 saturated carbocycles. The summed E-state index contributed by atoms with van der Waals surface area (Å²) in [6, 6.07) is 5.19. The Bertz CT molecular complexity index is 897. The van der Waals surface area contributed by atoms with E-state index in [0.717, 1.165) is 0 Å². The summed E-state index contributed by atoms with van der Waals surface area (Å²) in [7, 11) is 0. The van der Waals surface area contributed by atoms with Crippen LogP contribution in [0.2, 0.25) is 10.0 Å². The van der Waals surface area contributed by atoms with Crippen LogP contribution in [0, 0.1) is 0 Å². The number of carbonyl (C=O) groups excluding carboxylic acids is 1. The molecule has 15 heteroatoms. The first kappa shape index (κ1) is 29.8. The van der Waals surface area contributed by atoms with Crippen LogP contribution >= 0.6 is 23.2 Å². The Kier molecular flexibility index (Phi) is 13.1. The highest BCUT2D eigenvalue weighted by atomic mass is 35.5. The van der Waals surface area contributed by atoms with E-state index in [-0.39, 0.29) is 6.42 Å². The molecule has 34 heavy (non-hydrogen) atoms. The maximum Gasteiger partial charge on any atom is 0.372 e. The van der Waals surface area contributed by atoms with E-state index in [1.165, 1.54) is 4.68 Å². The molecule has 0 saturated heterocycles. The normalized spacial score (nSPS) is 14.5. The van der Waals surface area contributed by atoms with Crippen molar-refractivity contribution in [1.82, 2.24) is 20.2 Å². The van der Waals surface area contributed by atoms with Crippen molar-refractivity contribution in [2.75, 3.05) is 13.2 Å². The number of carbonyl (C=O) groups is 2. The molecule has 1 heterocycles. The van der Waals surface area contributed by atoms with Gasteiger partial charge in [0.25, 0.3) is 0 Å². The number of carboxylic acids is 1. The van der Waals surface area contributed by atoms with Crippen LogP contribution < -0.4 is 0 Å². The molecule has 0 aliphatic carbocycles. The molecule has 2 aromatic rings. The number of ketones is 1. The fourth-order valence-electron chi connectivity index (χ4n) is 2.55. The first-order chi connectivity index (χ1) is 16.0. The van der Waals surface area contributed by atoms with Crippen LogP contribution in [0.3, 0.4) is 0 Å². The molecule has 0 fully saturated rings. The van der Waals surface area contributed by atoms with Gasteiger partial charge in [-0.1, -0.05) is 29.3 Å². The number of carboxylic acid groups (broad SMARTS) is 1. The number of nitrogens with zero attached hydrogens (tertiary/aromatic N) is 4.